The number of unbranched alkanes of at least 4 members (excludes halogenated alkanes) is 14. The van der Waals surface area contributed by atoms with Crippen LogP contribution in [-0.4, -0.2) is 29.0 Å². The van der Waals surface area contributed by atoms with Crippen LogP contribution in [0.3, 0.4) is 0 Å². The molecule has 208 valence electrons. The largest absolute Gasteiger partial charge is 0.379 e. The van der Waals surface area contributed by atoms with E-state index >= 15 is 0 Å². The number of aromatic nitrogens is 1. The van der Waals surface area contributed by atoms with Gasteiger partial charge in [-0.1, -0.05) is 128 Å². The lowest BCUT2D eigenvalue weighted by molar-refractivity contribution is -0.121. The average molecular weight is 546 g/mol. The SMILES string of the molecule is CCCCCCCCCCNC(=O)CC(C(=S)NCCCCCCCCCC)c1nc2ccccc2s1. The lowest BCUT2D eigenvalue weighted by atomic mass is 10.0. The van der Waals surface area contributed by atoms with Crippen LogP contribution < -0.4 is 10.6 Å². The van der Waals surface area contributed by atoms with Crippen molar-refractivity contribution in [2.45, 2.75) is 129 Å². The fraction of sp³-hybridized carbons (Fsp3) is 0.710. The molecular weight excluding hydrogens is 494 g/mol. The average Bonchev–Trinajstić information content (AvgIpc) is 3.33. The van der Waals surface area contributed by atoms with Crippen molar-refractivity contribution in [1.82, 2.24) is 15.6 Å². The predicted octanol–water partition coefficient (Wildman–Crippen LogP) is 9.08. The van der Waals surface area contributed by atoms with E-state index in [0.717, 1.165) is 46.1 Å². The first-order chi connectivity index (χ1) is 18.2. The Morgan fingerprint density at radius 2 is 1.30 bits per heavy atom. The molecule has 0 saturated carbocycles. The minimum atomic E-state index is -0.167. The molecule has 1 amide bonds. The highest BCUT2D eigenvalue weighted by Crippen LogP contribution is 2.30. The Bertz CT molecular complexity index is 849. The van der Waals surface area contributed by atoms with Crippen LogP contribution in [0.4, 0.5) is 0 Å². The highest BCUT2D eigenvalue weighted by Gasteiger charge is 2.24. The summed E-state index contributed by atoms with van der Waals surface area (Å²) in [5.41, 5.74) is 0.984. The molecule has 37 heavy (non-hydrogen) atoms. The van der Waals surface area contributed by atoms with Gasteiger partial charge < -0.3 is 10.6 Å². The predicted molar refractivity (Wildman–Crippen MR) is 166 cm³/mol. The number of nitrogens with zero attached hydrogens (tertiary/aromatic N) is 1. The highest BCUT2D eigenvalue weighted by molar-refractivity contribution is 7.80. The number of rotatable bonds is 22. The van der Waals surface area contributed by atoms with Gasteiger partial charge in [-0.2, -0.15) is 0 Å². The lowest BCUT2D eigenvalue weighted by Gasteiger charge is -2.17. The molecule has 4 nitrogen and oxygen atoms in total. The molecule has 1 heterocycles. The summed E-state index contributed by atoms with van der Waals surface area (Å²) in [4.78, 5) is 18.5. The number of amides is 1. The first-order valence-corrected chi connectivity index (χ1v) is 16.3. The molecule has 1 aromatic carbocycles. The topological polar surface area (TPSA) is 54.0 Å². The summed E-state index contributed by atoms with van der Waals surface area (Å²) >= 11 is 7.47. The van der Waals surface area contributed by atoms with Crippen molar-refractivity contribution in [3.8, 4) is 0 Å². The number of carbonyl (C=O) groups excluding carboxylic acids is 1. The highest BCUT2D eigenvalue weighted by atomic mass is 32.1. The van der Waals surface area contributed by atoms with Gasteiger partial charge in [-0.15, -0.1) is 11.3 Å². The normalized spacial score (nSPS) is 12.1. The Balaban J connectivity index is 1.77. The van der Waals surface area contributed by atoms with Gasteiger partial charge in [0.05, 0.1) is 21.1 Å². The van der Waals surface area contributed by atoms with Gasteiger partial charge in [0.25, 0.3) is 0 Å². The van der Waals surface area contributed by atoms with E-state index in [-0.39, 0.29) is 11.8 Å². The number of hydrogen-bond donors (Lipinski definition) is 2. The summed E-state index contributed by atoms with van der Waals surface area (Å²) in [7, 11) is 0. The third-order valence-electron chi connectivity index (χ3n) is 7.00. The van der Waals surface area contributed by atoms with Crippen LogP contribution in [0.1, 0.15) is 134 Å². The number of benzene rings is 1. The molecule has 1 aromatic heterocycles. The monoisotopic (exact) mass is 545 g/mol. The van der Waals surface area contributed by atoms with Crippen LogP contribution in [0.25, 0.3) is 10.2 Å². The third-order valence-corrected chi connectivity index (χ3v) is 8.58. The molecule has 1 unspecified atom stereocenters. The van der Waals surface area contributed by atoms with Gasteiger partial charge in [0.2, 0.25) is 5.91 Å². The zero-order chi connectivity index (χ0) is 26.6. The van der Waals surface area contributed by atoms with Crippen LogP contribution in [0.15, 0.2) is 24.3 Å². The summed E-state index contributed by atoms with van der Waals surface area (Å²) < 4.78 is 1.15. The summed E-state index contributed by atoms with van der Waals surface area (Å²) in [5.74, 6) is -0.0940. The molecule has 0 aliphatic heterocycles. The van der Waals surface area contributed by atoms with Crippen LogP contribution in [0.5, 0.6) is 0 Å². The number of thiazole rings is 1. The fourth-order valence-electron chi connectivity index (χ4n) is 4.67. The molecule has 0 fully saturated rings. The number of hydrogen-bond acceptors (Lipinski definition) is 4. The molecule has 2 N–H and O–H groups in total. The number of thiocarbonyl (C=S) groups is 1. The molecule has 0 aliphatic carbocycles. The van der Waals surface area contributed by atoms with Crippen LogP contribution in [-0.2, 0) is 4.79 Å². The van der Waals surface area contributed by atoms with Gasteiger partial charge in [-0.05, 0) is 25.0 Å². The van der Waals surface area contributed by atoms with Crippen molar-refractivity contribution in [3.05, 3.63) is 29.3 Å². The maximum atomic E-state index is 12.9. The Kier molecular flexibility index (Phi) is 17.5. The second-order valence-electron chi connectivity index (χ2n) is 10.4. The molecule has 0 spiro atoms. The summed E-state index contributed by atoms with van der Waals surface area (Å²) in [6, 6.07) is 8.17. The standard InChI is InChI=1S/C31H51N3OS2/c1-3-5-7-9-11-13-15-19-23-32-29(35)25-26(31-34-27-21-17-18-22-28(27)37-31)30(36)33-24-20-16-14-12-10-8-6-4-2/h17-18,21-22,26H,3-16,19-20,23-25H2,1-2H3,(H,32,35)(H,33,36). The van der Waals surface area contributed by atoms with E-state index in [1.54, 1.807) is 11.3 Å². The Morgan fingerprint density at radius 1 is 0.784 bits per heavy atom. The van der Waals surface area contributed by atoms with Crippen LogP contribution in [0, 0.1) is 0 Å². The first kappa shape index (κ1) is 31.7. The Morgan fingerprint density at radius 3 is 1.86 bits per heavy atom. The minimum absolute atomic E-state index is 0.0726. The van der Waals surface area contributed by atoms with Gasteiger partial charge in [-0.3, -0.25) is 4.79 Å². The molecule has 2 aromatic rings. The molecule has 1 atom stereocenters. The van der Waals surface area contributed by atoms with E-state index in [2.05, 4.69) is 30.5 Å². The number of fused-ring (bicyclic) bond motifs is 1. The lowest BCUT2D eigenvalue weighted by Crippen LogP contribution is -2.33. The smallest absolute Gasteiger partial charge is 0.221 e. The summed E-state index contributed by atoms with van der Waals surface area (Å²) in [6.45, 7) is 6.13. The van der Waals surface area contributed by atoms with Gasteiger partial charge in [0, 0.05) is 19.5 Å². The quantitative estimate of drug-likeness (QED) is 0.114. The third kappa shape index (κ3) is 13.7. The Labute approximate surface area is 235 Å². The molecule has 0 saturated heterocycles. The van der Waals surface area contributed by atoms with Gasteiger partial charge in [-0.25, -0.2) is 4.98 Å². The maximum Gasteiger partial charge on any atom is 0.221 e. The van der Waals surface area contributed by atoms with E-state index in [1.807, 2.05) is 18.2 Å². The van der Waals surface area contributed by atoms with Crippen molar-refractivity contribution in [1.29, 1.82) is 0 Å². The second kappa shape index (κ2) is 20.4. The van der Waals surface area contributed by atoms with Crippen LogP contribution >= 0.6 is 23.6 Å². The van der Waals surface area contributed by atoms with E-state index < -0.39 is 0 Å². The molecule has 0 aliphatic rings. The molecule has 0 bridgehead atoms. The minimum Gasteiger partial charge on any atom is -0.379 e. The van der Waals surface area contributed by atoms with E-state index in [1.165, 1.54) is 89.9 Å². The van der Waals surface area contributed by atoms with Gasteiger partial charge >= 0.3 is 0 Å². The van der Waals surface area contributed by atoms with Gasteiger partial charge in [0.1, 0.15) is 5.01 Å². The van der Waals surface area contributed by atoms with Crippen molar-refractivity contribution in [2.24, 2.45) is 0 Å². The second-order valence-corrected chi connectivity index (χ2v) is 11.9. The number of para-hydroxylation sites is 1. The van der Waals surface area contributed by atoms with E-state index in [4.69, 9.17) is 17.2 Å². The van der Waals surface area contributed by atoms with E-state index in [9.17, 15) is 4.79 Å². The number of nitrogens with one attached hydrogen (secondary N) is 2. The van der Waals surface area contributed by atoms with Crippen molar-refractivity contribution in [2.75, 3.05) is 13.1 Å². The van der Waals surface area contributed by atoms with Gasteiger partial charge in [0.15, 0.2) is 0 Å². The van der Waals surface area contributed by atoms with Crippen molar-refractivity contribution in [3.63, 3.8) is 0 Å². The molecule has 2 rings (SSSR count). The van der Waals surface area contributed by atoms with E-state index in [0.29, 0.717) is 6.42 Å². The fourth-order valence-corrected chi connectivity index (χ4v) is 6.12. The number of carbonyl (C=O) groups is 1. The molecular formula is C31H51N3OS2. The van der Waals surface area contributed by atoms with Crippen molar-refractivity contribution >= 4 is 44.7 Å². The first-order valence-electron chi connectivity index (χ1n) is 15.1. The maximum absolute atomic E-state index is 12.9. The zero-order valence-corrected chi connectivity index (χ0v) is 25.1. The summed E-state index contributed by atoms with van der Waals surface area (Å²) in [6.07, 6.45) is 20.9. The Hall–Kier alpha value is -1.53. The zero-order valence-electron chi connectivity index (χ0n) is 23.5. The molecule has 0 radical (unpaired) electrons. The molecule has 6 heteroatoms. The van der Waals surface area contributed by atoms with Crippen LogP contribution in [0.2, 0.25) is 0 Å². The summed E-state index contributed by atoms with van der Waals surface area (Å²) in [5, 5.41) is 7.54. The van der Waals surface area contributed by atoms with Crippen molar-refractivity contribution < 1.29 is 4.79 Å².